The minimum atomic E-state index is -0.577. The Hall–Kier alpha value is -1.39. The third-order valence-electron chi connectivity index (χ3n) is 3.08. The van der Waals surface area contributed by atoms with Crippen LogP contribution < -0.4 is 5.48 Å². The van der Waals surface area contributed by atoms with Crippen molar-refractivity contribution in [3.8, 4) is 0 Å². The number of rotatable bonds is 10. The molecular formula is C16H25NO3. The minimum Gasteiger partial charge on any atom is -0.393 e. The standard InChI is InChI=1S/C16H25NO3/c1-2-3-4-8-11-15(18)12-16(19)17-20-13-14-9-6-5-7-10-14/h5-7,9-10,15,18H,2-4,8,11-13H2,1H3,(H,17,19)/t15-/m1/s1. The van der Waals surface area contributed by atoms with Gasteiger partial charge in [0.1, 0.15) is 0 Å². The van der Waals surface area contributed by atoms with E-state index in [1.54, 1.807) is 0 Å². The Morgan fingerprint density at radius 1 is 1.25 bits per heavy atom. The summed E-state index contributed by atoms with van der Waals surface area (Å²) in [5, 5.41) is 9.72. The number of unbranched alkanes of at least 4 members (excludes halogenated alkanes) is 3. The summed E-state index contributed by atoms with van der Waals surface area (Å²) in [6.45, 7) is 2.48. The Bertz CT molecular complexity index is 367. The topological polar surface area (TPSA) is 58.6 Å². The molecule has 1 aromatic rings. The summed E-state index contributed by atoms with van der Waals surface area (Å²) in [7, 11) is 0. The van der Waals surface area contributed by atoms with Crippen LogP contribution in [0.15, 0.2) is 30.3 Å². The van der Waals surface area contributed by atoms with Crippen molar-refractivity contribution in [2.75, 3.05) is 0 Å². The third kappa shape index (κ3) is 7.92. The van der Waals surface area contributed by atoms with Crippen molar-refractivity contribution in [3.05, 3.63) is 35.9 Å². The summed E-state index contributed by atoms with van der Waals surface area (Å²) >= 11 is 0. The van der Waals surface area contributed by atoms with Crippen molar-refractivity contribution >= 4 is 5.91 Å². The highest BCUT2D eigenvalue weighted by molar-refractivity contribution is 5.75. The molecule has 20 heavy (non-hydrogen) atoms. The molecule has 0 aromatic heterocycles. The Morgan fingerprint density at radius 3 is 2.70 bits per heavy atom. The van der Waals surface area contributed by atoms with Crippen molar-refractivity contribution in [2.24, 2.45) is 0 Å². The predicted octanol–water partition coefficient (Wildman–Crippen LogP) is 2.96. The molecule has 1 aromatic carbocycles. The van der Waals surface area contributed by atoms with Gasteiger partial charge in [-0.15, -0.1) is 0 Å². The maximum atomic E-state index is 11.5. The van der Waals surface area contributed by atoms with Gasteiger partial charge >= 0.3 is 0 Å². The quantitative estimate of drug-likeness (QED) is 0.511. The van der Waals surface area contributed by atoms with Crippen molar-refractivity contribution in [1.82, 2.24) is 5.48 Å². The molecule has 0 aliphatic rings. The number of carbonyl (C=O) groups is 1. The first kappa shape index (κ1) is 16.7. The van der Waals surface area contributed by atoms with E-state index in [1.165, 1.54) is 12.8 Å². The lowest BCUT2D eigenvalue weighted by Crippen LogP contribution is -2.27. The Morgan fingerprint density at radius 2 is 2.00 bits per heavy atom. The van der Waals surface area contributed by atoms with Gasteiger partial charge in [0.25, 0.3) is 0 Å². The molecule has 4 heteroatoms. The van der Waals surface area contributed by atoms with Gasteiger partial charge in [-0.2, -0.15) is 0 Å². The van der Waals surface area contributed by atoms with E-state index < -0.39 is 6.10 Å². The molecule has 1 rings (SSSR count). The van der Waals surface area contributed by atoms with Crippen LogP contribution in [0.4, 0.5) is 0 Å². The number of carbonyl (C=O) groups excluding carboxylic acids is 1. The largest absolute Gasteiger partial charge is 0.393 e. The van der Waals surface area contributed by atoms with Gasteiger partial charge in [0, 0.05) is 0 Å². The smallest absolute Gasteiger partial charge is 0.246 e. The van der Waals surface area contributed by atoms with Crippen LogP contribution in [-0.4, -0.2) is 17.1 Å². The van der Waals surface area contributed by atoms with E-state index in [0.29, 0.717) is 13.0 Å². The molecule has 0 saturated heterocycles. The first-order chi connectivity index (χ1) is 9.72. The second kappa shape index (κ2) is 10.4. The van der Waals surface area contributed by atoms with Crippen molar-refractivity contribution < 1.29 is 14.7 Å². The molecule has 4 nitrogen and oxygen atoms in total. The fourth-order valence-corrected chi connectivity index (χ4v) is 1.94. The van der Waals surface area contributed by atoms with Crippen LogP contribution in [0.25, 0.3) is 0 Å². The molecule has 1 amide bonds. The maximum absolute atomic E-state index is 11.5. The zero-order chi connectivity index (χ0) is 14.6. The van der Waals surface area contributed by atoms with Gasteiger partial charge in [0.15, 0.2) is 0 Å². The molecule has 0 fully saturated rings. The number of amides is 1. The average Bonchev–Trinajstić information content (AvgIpc) is 2.45. The summed E-state index contributed by atoms with van der Waals surface area (Å²) in [5.41, 5.74) is 3.36. The average molecular weight is 279 g/mol. The molecule has 0 unspecified atom stereocenters. The van der Waals surface area contributed by atoms with Gasteiger partial charge < -0.3 is 5.11 Å². The highest BCUT2D eigenvalue weighted by Gasteiger charge is 2.10. The lowest BCUT2D eigenvalue weighted by atomic mass is 10.1. The zero-order valence-electron chi connectivity index (χ0n) is 12.2. The van der Waals surface area contributed by atoms with Crippen LogP contribution in [0, 0.1) is 0 Å². The Balaban J connectivity index is 2.07. The lowest BCUT2D eigenvalue weighted by Gasteiger charge is -2.10. The fourth-order valence-electron chi connectivity index (χ4n) is 1.94. The van der Waals surface area contributed by atoms with E-state index in [9.17, 15) is 9.90 Å². The van der Waals surface area contributed by atoms with Gasteiger partial charge in [0.05, 0.1) is 19.1 Å². The van der Waals surface area contributed by atoms with E-state index in [0.717, 1.165) is 18.4 Å². The SMILES string of the molecule is CCCCCC[C@@H](O)CC(=O)NOCc1ccccc1. The number of aliphatic hydroxyl groups is 1. The van der Waals surface area contributed by atoms with E-state index >= 15 is 0 Å². The Labute approximate surface area is 121 Å². The highest BCUT2D eigenvalue weighted by atomic mass is 16.6. The summed E-state index contributed by atoms with van der Waals surface area (Å²) in [4.78, 5) is 16.7. The van der Waals surface area contributed by atoms with E-state index in [2.05, 4.69) is 12.4 Å². The van der Waals surface area contributed by atoms with Gasteiger partial charge in [-0.1, -0.05) is 62.9 Å². The summed E-state index contributed by atoms with van der Waals surface area (Å²) in [5.74, 6) is -0.274. The number of aliphatic hydroxyl groups excluding tert-OH is 1. The number of benzene rings is 1. The fraction of sp³-hybridized carbons (Fsp3) is 0.562. The molecule has 0 spiro atoms. The number of hydrogen-bond donors (Lipinski definition) is 2. The van der Waals surface area contributed by atoms with Crippen molar-refractivity contribution in [1.29, 1.82) is 0 Å². The molecule has 0 radical (unpaired) electrons. The number of hydrogen-bond acceptors (Lipinski definition) is 3. The molecule has 0 heterocycles. The van der Waals surface area contributed by atoms with Crippen molar-refractivity contribution in [2.45, 2.75) is 58.2 Å². The second-order valence-electron chi connectivity index (χ2n) is 5.01. The molecule has 112 valence electrons. The van der Waals surface area contributed by atoms with Gasteiger partial charge in [0.2, 0.25) is 5.91 Å². The summed E-state index contributed by atoms with van der Waals surface area (Å²) < 4.78 is 0. The lowest BCUT2D eigenvalue weighted by molar-refractivity contribution is -0.136. The zero-order valence-corrected chi connectivity index (χ0v) is 12.2. The normalized spacial score (nSPS) is 12.1. The van der Waals surface area contributed by atoms with Crippen LogP contribution in [-0.2, 0) is 16.2 Å². The third-order valence-corrected chi connectivity index (χ3v) is 3.08. The number of hydroxylamine groups is 1. The second-order valence-corrected chi connectivity index (χ2v) is 5.01. The predicted molar refractivity (Wildman–Crippen MR) is 78.8 cm³/mol. The molecule has 1 atom stereocenters. The van der Waals surface area contributed by atoms with E-state index in [4.69, 9.17) is 4.84 Å². The first-order valence-corrected chi connectivity index (χ1v) is 7.35. The van der Waals surface area contributed by atoms with Crippen molar-refractivity contribution in [3.63, 3.8) is 0 Å². The molecule has 0 saturated carbocycles. The first-order valence-electron chi connectivity index (χ1n) is 7.35. The molecule has 2 N–H and O–H groups in total. The van der Waals surface area contributed by atoms with Crippen LogP contribution in [0.5, 0.6) is 0 Å². The van der Waals surface area contributed by atoms with Crippen LogP contribution in [0.2, 0.25) is 0 Å². The molecule has 0 aliphatic heterocycles. The van der Waals surface area contributed by atoms with Crippen LogP contribution in [0.3, 0.4) is 0 Å². The molecule has 0 aliphatic carbocycles. The summed E-state index contributed by atoms with van der Waals surface area (Å²) in [6, 6.07) is 9.61. The Kier molecular flexibility index (Phi) is 8.67. The van der Waals surface area contributed by atoms with Crippen LogP contribution >= 0.6 is 0 Å². The molecular weight excluding hydrogens is 254 g/mol. The summed E-state index contributed by atoms with van der Waals surface area (Å²) in [6.07, 6.45) is 4.62. The van der Waals surface area contributed by atoms with E-state index in [-0.39, 0.29) is 12.3 Å². The van der Waals surface area contributed by atoms with Gasteiger partial charge in [-0.25, -0.2) is 5.48 Å². The highest BCUT2D eigenvalue weighted by Crippen LogP contribution is 2.08. The van der Waals surface area contributed by atoms with Gasteiger partial charge in [-0.3, -0.25) is 9.63 Å². The van der Waals surface area contributed by atoms with Crippen LogP contribution in [0.1, 0.15) is 51.0 Å². The maximum Gasteiger partial charge on any atom is 0.246 e. The van der Waals surface area contributed by atoms with Gasteiger partial charge in [-0.05, 0) is 12.0 Å². The minimum absolute atomic E-state index is 0.0981. The molecule has 0 bridgehead atoms. The monoisotopic (exact) mass is 279 g/mol. The van der Waals surface area contributed by atoms with E-state index in [1.807, 2.05) is 30.3 Å². The number of nitrogens with one attached hydrogen (secondary N) is 1.